The Labute approximate surface area is 147 Å². The van der Waals surface area contributed by atoms with Gasteiger partial charge in [-0.05, 0) is 45.0 Å². The molecular formula is C17H26N2O4S. The predicted molar refractivity (Wildman–Crippen MR) is 94.0 cm³/mol. The molecular weight excluding hydrogens is 328 g/mol. The van der Waals surface area contributed by atoms with Crippen molar-refractivity contribution in [3.05, 3.63) is 23.7 Å². The Kier molecular flexibility index (Phi) is 7.65. The molecule has 1 saturated heterocycles. The molecule has 0 aromatic carbocycles. The average Bonchev–Trinajstić information content (AvgIpc) is 3.24. The number of nitrogens with one attached hydrogen (secondary N) is 1. The molecule has 1 atom stereocenters. The van der Waals surface area contributed by atoms with Crippen LogP contribution in [-0.4, -0.2) is 55.0 Å². The molecule has 24 heavy (non-hydrogen) atoms. The number of amides is 1. The first-order valence-corrected chi connectivity index (χ1v) is 9.47. The van der Waals surface area contributed by atoms with E-state index in [0.29, 0.717) is 18.7 Å². The van der Waals surface area contributed by atoms with Gasteiger partial charge in [-0.15, -0.1) is 11.8 Å². The van der Waals surface area contributed by atoms with Gasteiger partial charge in [-0.3, -0.25) is 14.5 Å². The zero-order valence-corrected chi connectivity index (χ0v) is 15.2. The summed E-state index contributed by atoms with van der Waals surface area (Å²) in [6.45, 7) is 4.56. The van der Waals surface area contributed by atoms with Crippen molar-refractivity contribution in [2.45, 2.75) is 32.2 Å². The van der Waals surface area contributed by atoms with Crippen LogP contribution in [0.2, 0.25) is 0 Å². The molecule has 1 amide bonds. The van der Waals surface area contributed by atoms with Gasteiger partial charge in [-0.1, -0.05) is 0 Å². The summed E-state index contributed by atoms with van der Waals surface area (Å²) < 4.78 is 10.3. The minimum absolute atomic E-state index is 0.000147. The number of hydrogen-bond donors (Lipinski definition) is 1. The second-order valence-corrected chi connectivity index (χ2v) is 7.00. The van der Waals surface area contributed by atoms with Crippen LogP contribution in [0.3, 0.4) is 0 Å². The highest BCUT2D eigenvalue weighted by Gasteiger charge is 2.26. The number of methoxy groups -OCH3 is 1. The molecule has 0 aliphatic carbocycles. The Hall–Kier alpha value is -1.47. The second-order valence-electron chi connectivity index (χ2n) is 5.89. The van der Waals surface area contributed by atoms with Crippen LogP contribution in [0.25, 0.3) is 0 Å². The Bertz CT molecular complexity index is 540. The molecule has 1 unspecified atom stereocenters. The minimum Gasteiger partial charge on any atom is -0.468 e. The molecule has 1 fully saturated rings. The fourth-order valence-electron chi connectivity index (χ4n) is 2.77. The number of rotatable bonds is 9. The standard InChI is InChI=1S/C17H26N2O4S/c1-13-5-6-15(23-13)14(19-8-3-4-9-19)11-18-16(20)7-10-24-12-17(21)22-2/h5-6,14H,3-4,7-12H2,1-2H3,(H,18,20). The molecule has 134 valence electrons. The lowest BCUT2D eigenvalue weighted by Crippen LogP contribution is -2.36. The van der Waals surface area contributed by atoms with E-state index in [1.54, 1.807) is 0 Å². The van der Waals surface area contributed by atoms with Crippen molar-refractivity contribution in [2.75, 3.05) is 38.2 Å². The molecule has 1 aromatic heterocycles. The number of carbonyl (C=O) groups is 2. The van der Waals surface area contributed by atoms with E-state index < -0.39 is 0 Å². The maximum atomic E-state index is 12.0. The molecule has 0 spiro atoms. The van der Waals surface area contributed by atoms with Gasteiger partial charge in [0.15, 0.2) is 0 Å². The SMILES string of the molecule is COC(=O)CSCCC(=O)NCC(c1ccc(C)o1)N1CCCC1. The molecule has 7 heteroatoms. The second kappa shape index (κ2) is 9.74. The predicted octanol–water partition coefficient (Wildman–Crippen LogP) is 2.14. The maximum absolute atomic E-state index is 12.0. The lowest BCUT2D eigenvalue weighted by atomic mass is 10.2. The Morgan fingerprint density at radius 1 is 1.38 bits per heavy atom. The summed E-state index contributed by atoms with van der Waals surface area (Å²) >= 11 is 1.41. The van der Waals surface area contributed by atoms with Crippen molar-refractivity contribution in [3.8, 4) is 0 Å². The molecule has 1 aliphatic heterocycles. The van der Waals surface area contributed by atoms with Crippen LogP contribution >= 0.6 is 11.8 Å². The summed E-state index contributed by atoms with van der Waals surface area (Å²) in [6.07, 6.45) is 2.77. The highest BCUT2D eigenvalue weighted by Crippen LogP contribution is 2.26. The highest BCUT2D eigenvalue weighted by molar-refractivity contribution is 7.99. The van der Waals surface area contributed by atoms with Crippen LogP contribution in [-0.2, 0) is 14.3 Å². The number of furan rings is 1. The molecule has 0 bridgehead atoms. The minimum atomic E-state index is -0.261. The molecule has 2 rings (SSSR count). The first-order valence-electron chi connectivity index (χ1n) is 8.32. The fourth-order valence-corrected chi connectivity index (χ4v) is 3.53. The highest BCUT2D eigenvalue weighted by atomic mass is 32.2. The lowest BCUT2D eigenvalue weighted by molar-refractivity contribution is -0.137. The smallest absolute Gasteiger partial charge is 0.315 e. The number of ether oxygens (including phenoxy) is 1. The van der Waals surface area contributed by atoms with Crippen LogP contribution in [0.4, 0.5) is 0 Å². The maximum Gasteiger partial charge on any atom is 0.315 e. The van der Waals surface area contributed by atoms with Crippen molar-refractivity contribution in [2.24, 2.45) is 0 Å². The fraction of sp³-hybridized carbons (Fsp3) is 0.647. The molecule has 6 nitrogen and oxygen atoms in total. The molecule has 1 aliphatic rings. The largest absolute Gasteiger partial charge is 0.468 e. The number of hydrogen-bond acceptors (Lipinski definition) is 6. The molecule has 0 radical (unpaired) electrons. The summed E-state index contributed by atoms with van der Waals surface area (Å²) in [5.74, 6) is 2.43. The number of carbonyl (C=O) groups excluding carboxylic acids is 2. The Morgan fingerprint density at radius 2 is 2.12 bits per heavy atom. The van der Waals surface area contributed by atoms with Crippen LogP contribution in [0.15, 0.2) is 16.5 Å². The quantitative estimate of drug-likeness (QED) is 0.541. The average molecular weight is 354 g/mol. The van der Waals surface area contributed by atoms with Gasteiger partial charge >= 0.3 is 5.97 Å². The zero-order valence-electron chi connectivity index (χ0n) is 14.4. The van der Waals surface area contributed by atoms with Crippen molar-refractivity contribution in [3.63, 3.8) is 0 Å². The van der Waals surface area contributed by atoms with Crippen LogP contribution < -0.4 is 5.32 Å². The van der Waals surface area contributed by atoms with Gasteiger partial charge < -0.3 is 14.5 Å². The summed E-state index contributed by atoms with van der Waals surface area (Å²) in [5, 5.41) is 3.00. The van der Waals surface area contributed by atoms with Crippen molar-refractivity contribution >= 4 is 23.6 Å². The van der Waals surface area contributed by atoms with Crippen molar-refractivity contribution in [1.82, 2.24) is 10.2 Å². The van der Waals surface area contributed by atoms with E-state index in [9.17, 15) is 9.59 Å². The van der Waals surface area contributed by atoms with Crippen LogP contribution in [0.1, 0.15) is 36.8 Å². The van der Waals surface area contributed by atoms with E-state index in [4.69, 9.17) is 4.42 Å². The van der Waals surface area contributed by atoms with Crippen molar-refractivity contribution < 1.29 is 18.7 Å². The zero-order chi connectivity index (χ0) is 17.4. The topological polar surface area (TPSA) is 71.8 Å². The third kappa shape index (κ3) is 5.87. The van der Waals surface area contributed by atoms with E-state index in [2.05, 4.69) is 15.0 Å². The normalized spacial score (nSPS) is 16.1. The summed E-state index contributed by atoms with van der Waals surface area (Å²) in [7, 11) is 1.37. The van der Waals surface area contributed by atoms with E-state index in [1.165, 1.54) is 31.7 Å². The third-order valence-corrected chi connectivity index (χ3v) is 5.02. The third-order valence-electron chi connectivity index (χ3n) is 4.08. The first kappa shape index (κ1) is 18.9. The Balaban J connectivity index is 1.77. The first-order chi connectivity index (χ1) is 11.6. The van der Waals surface area contributed by atoms with Crippen LogP contribution in [0, 0.1) is 6.92 Å². The molecule has 1 N–H and O–H groups in total. The van der Waals surface area contributed by atoms with Gasteiger partial charge in [-0.25, -0.2) is 0 Å². The number of likely N-dealkylation sites (tertiary alicyclic amines) is 1. The van der Waals surface area contributed by atoms with E-state index >= 15 is 0 Å². The van der Waals surface area contributed by atoms with Gasteiger partial charge in [0.05, 0.1) is 18.9 Å². The molecule has 2 heterocycles. The Morgan fingerprint density at radius 3 is 2.75 bits per heavy atom. The molecule has 0 saturated carbocycles. The summed E-state index contributed by atoms with van der Waals surface area (Å²) in [5.41, 5.74) is 0. The summed E-state index contributed by atoms with van der Waals surface area (Å²) in [6, 6.07) is 4.05. The number of nitrogens with zero attached hydrogens (tertiary/aromatic N) is 1. The van der Waals surface area contributed by atoms with Gasteiger partial charge in [0.1, 0.15) is 11.5 Å². The van der Waals surface area contributed by atoms with Gasteiger partial charge in [0.2, 0.25) is 5.91 Å². The summed E-state index contributed by atoms with van der Waals surface area (Å²) in [4.78, 5) is 25.4. The van der Waals surface area contributed by atoms with E-state index in [1.807, 2.05) is 19.1 Å². The van der Waals surface area contributed by atoms with Gasteiger partial charge in [0.25, 0.3) is 0 Å². The molecule has 1 aromatic rings. The number of thioether (sulfide) groups is 1. The van der Waals surface area contributed by atoms with Crippen molar-refractivity contribution in [1.29, 1.82) is 0 Å². The van der Waals surface area contributed by atoms with Crippen LogP contribution in [0.5, 0.6) is 0 Å². The lowest BCUT2D eigenvalue weighted by Gasteiger charge is -2.26. The number of aryl methyl sites for hydroxylation is 1. The monoisotopic (exact) mass is 354 g/mol. The van der Waals surface area contributed by atoms with Gasteiger partial charge in [-0.2, -0.15) is 0 Å². The number of esters is 1. The van der Waals surface area contributed by atoms with E-state index in [-0.39, 0.29) is 23.7 Å². The van der Waals surface area contributed by atoms with Gasteiger partial charge in [0, 0.05) is 18.7 Å². The van der Waals surface area contributed by atoms with E-state index in [0.717, 1.165) is 24.6 Å².